The van der Waals surface area contributed by atoms with Gasteiger partial charge in [0.2, 0.25) is 15.9 Å². The minimum absolute atomic E-state index is 0.121. The first-order valence-corrected chi connectivity index (χ1v) is 9.74. The molecule has 134 valence electrons. The molecule has 2 aromatic heterocycles. The Hall–Kier alpha value is -2.58. The zero-order chi connectivity index (χ0) is 18.1. The van der Waals surface area contributed by atoms with Crippen molar-refractivity contribution < 1.29 is 17.2 Å². The average molecular weight is 373 g/mol. The van der Waals surface area contributed by atoms with Gasteiger partial charge in [0.1, 0.15) is 11.6 Å². The molecule has 0 amide bonds. The van der Waals surface area contributed by atoms with Crippen LogP contribution in [0.15, 0.2) is 53.2 Å². The fourth-order valence-electron chi connectivity index (χ4n) is 2.93. The van der Waals surface area contributed by atoms with Crippen molar-refractivity contribution in [3.05, 3.63) is 71.6 Å². The molecule has 1 aromatic carbocycles. The molecule has 0 saturated heterocycles. The molecule has 0 unspecified atom stereocenters. The van der Waals surface area contributed by atoms with Gasteiger partial charge < -0.3 is 4.42 Å². The second-order valence-electron chi connectivity index (χ2n) is 6.06. The minimum Gasteiger partial charge on any atom is -0.441 e. The largest absolute Gasteiger partial charge is 0.441 e. The molecule has 1 aliphatic heterocycles. The molecule has 0 saturated carbocycles. The number of oxazole rings is 1. The zero-order valence-electron chi connectivity index (χ0n) is 13.8. The number of aromatic nitrogens is 2. The monoisotopic (exact) mass is 373 g/mol. The van der Waals surface area contributed by atoms with Crippen LogP contribution in [0.25, 0.3) is 11.5 Å². The van der Waals surface area contributed by atoms with Gasteiger partial charge in [-0.25, -0.2) is 17.8 Å². The summed E-state index contributed by atoms with van der Waals surface area (Å²) >= 11 is 0. The summed E-state index contributed by atoms with van der Waals surface area (Å²) in [6, 6.07) is 9.52. The van der Waals surface area contributed by atoms with Crippen LogP contribution < -0.4 is 0 Å². The van der Waals surface area contributed by atoms with E-state index in [4.69, 9.17) is 4.42 Å². The lowest BCUT2D eigenvalue weighted by Gasteiger charge is -2.24. The maximum absolute atomic E-state index is 13.8. The van der Waals surface area contributed by atoms with Crippen molar-refractivity contribution >= 4 is 10.0 Å². The normalized spacial score (nSPS) is 15.0. The molecule has 6 nitrogen and oxygen atoms in total. The maximum Gasteiger partial charge on any atom is 0.228 e. The van der Waals surface area contributed by atoms with Gasteiger partial charge in [-0.2, -0.15) is 4.31 Å². The van der Waals surface area contributed by atoms with Gasteiger partial charge >= 0.3 is 0 Å². The first-order chi connectivity index (χ1) is 12.5. The Morgan fingerprint density at radius 1 is 1.19 bits per heavy atom. The highest BCUT2D eigenvalue weighted by molar-refractivity contribution is 7.88. The lowest BCUT2D eigenvalue weighted by Crippen LogP contribution is -2.36. The number of hydrogen-bond acceptors (Lipinski definition) is 5. The smallest absolute Gasteiger partial charge is 0.228 e. The molecule has 0 bridgehead atoms. The van der Waals surface area contributed by atoms with Crippen molar-refractivity contribution in [1.82, 2.24) is 14.3 Å². The molecule has 0 aliphatic carbocycles. The van der Waals surface area contributed by atoms with Crippen LogP contribution in [0.5, 0.6) is 0 Å². The van der Waals surface area contributed by atoms with Crippen molar-refractivity contribution in [3.63, 3.8) is 0 Å². The van der Waals surface area contributed by atoms with E-state index in [1.807, 2.05) is 6.07 Å². The lowest BCUT2D eigenvalue weighted by atomic mass is 10.2. The first kappa shape index (κ1) is 16.9. The van der Waals surface area contributed by atoms with Gasteiger partial charge in [-0.05, 0) is 18.2 Å². The quantitative estimate of drug-likeness (QED) is 0.703. The number of nitrogens with zero attached hydrogens (tertiary/aromatic N) is 3. The van der Waals surface area contributed by atoms with Crippen LogP contribution in [-0.2, 0) is 28.7 Å². The molecule has 0 spiro atoms. The Morgan fingerprint density at radius 2 is 2.04 bits per heavy atom. The molecular weight excluding hydrogens is 357 g/mol. The van der Waals surface area contributed by atoms with Gasteiger partial charge in [0.05, 0.1) is 23.6 Å². The predicted molar refractivity (Wildman–Crippen MR) is 92.9 cm³/mol. The molecule has 4 rings (SSSR count). The number of rotatable bonds is 4. The number of fused-ring (bicyclic) bond motifs is 1. The van der Waals surface area contributed by atoms with Crippen molar-refractivity contribution in [2.45, 2.75) is 18.7 Å². The summed E-state index contributed by atoms with van der Waals surface area (Å²) in [6.45, 7) is 0.404. The Morgan fingerprint density at radius 3 is 2.81 bits per heavy atom. The highest BCUT2D eigenvalue weighted by atomic mass is 32.2. The fraction of sp³-hybridized carbons (Fsp3) is 0.222. The van der Waals surface area contributed by atoms with E-state index in [1.165, 1.54) is 22.5 Å². The second kappa shape index (κ2) is 6.62. The van der Waals surface area contributed by atoms with E-state index < -0.39 is 15.8 Å². The van der Waals surface area contributed by atoms with E-state index in [-0.39, 0.29) is 24.4 Å². The third kappa shape index (κ3) is 3.25. The minimum atomic E-state index is -3.66. The predicted octanol–water partition coefficient (Wildman–Crippen LogP) is 2.76. The maximum atomic E-state index is 13.8. The Balaban J connectivity index is 1.56. The summed E-state index contributed by atoms with van der Waals surface area (Å²) in [7, 11) is -3.66. The van der Waals surface area contributed by atoms with Crippen LogP contribution in [0.1, 0.15) is 17.0 Å². The van der Waals surface area contributed by atoms with Crippen LogP contribution in [0.4, 0.5) is 4.39 Å². The Kier molecular flexibility index (Phi) is 4.29. The summed E-state index contributed by atoms with van der Waals surface area (Å²) in [5, 5.41) is 0. The summed E-state index contributed by atoms with van der Waals surface area (Å²) < 4.78 is 46.3. The SMILES string of the molecule is O=S(=O)(Cc1ccccc1F)N1CCc2oc(-c3cccnc3)nc2C1. The molecule has 0 fully saturated rings. The molecule has 3 aromatic rings. The number of pyridine rings is 1. The van der Waals surface area contributed by atoms with Crippen molar-refractivity contribution in [1.29, 1.82) is 0 Å². The number of sulfonamides is 1. The molecule has 8 heteroatoms. The standard InChI is InChI=1S/C18H16FN3O3S/c19-15-6-2-1-4-14(15)12-26(23,24)22-9-7-17-16(11-22)21-18(25-17)13-5-3-8-20-10-13/h1-6,8,10H,7,9,11-12H2. The zero-order valence-corrected chi connectivity index (χ0v) is 14.6. The highest BCUT2D eigenvalue weighted by Gasteiger charge is 2.31. The molecule has 0 atom stereocenters. The van der Waals surface area contributed by atoms with Crippen LogP contribution in [0, 0.1) is 5.82 Å². The molecule has 0 radical (unpaired) electrons. The molecule has 3 heterocycles. The third-order valence-electron chi connectivity index (χ3n) is 4.29. The number of hydrogen-bond donors (Lipinski definition) is 0. The van der Waals surface area contributed by atoms with Crippen LogP contribution in [0.2, 0.25) is 0 Å². The van der Waals surface area contributed by atoms with Gasteiger partial charge in [-0.1, -0.05) is 18.2 Å². The fourth-order valence-corrected chi connectivity index (χ4v) is 4.43. The van der Waals surface area contributed by atoms with Crippen molar-refractivity contribution in [2.75, 3.05) is 6.54 Å². The van der Waals surface area contributed by atoms with E-state index in [2.05, 4.69) is 9.97 Å². The molecule has 26 heavy (non-hydrogen) atoms. The van der Waals surface area contributed by atoms with E-state index in [0.717, 1.165) is 5.56 Å². The van der Waals surface area contributed by atoms with E-state index >= 15 is 0 Å². The van der Waals surface area contributed by atoms with E-state index in [0.29, 0.717) is 23.8 Å². The summed E-state index contributed by atoms with van der Waals surface area (Å²) in [6.07, 6.45) is 3.73. The average Bonchev–Trinajstić information content (AvgIpc) is 3.07. The van der Waals surface area contributed by atoms with Crippen LogP contribution in [-0.4, -0.2) is 29.2 Å². The third-order valence-corrected chi connectivity index (χ3v) is 6.06. The molecular formula is C18H16FN3O3S. The highest BCUT2D eigenvalue weighted by Crippen LogP contribution is 2.27. The van der Waals surface area contributed by atoms with Crippen LogP contribution in [0.3, 0.4) is 0 Å². The van der Waals surface area contributed by atoms with E-state index in [9.17, 15) is 12.8 Å². The van der Waals surface area contributed by atoms with Crippen molar-refractivity contribution in [2.24, 2.45) is 0 Å². The lowest BCUT2D eigenvalue weighted by molar-refractivity contribution is 0.362. The molecule has 1 aliphatic rings. The van der Waals surface area contributed by atoms with Gasteiger partial charge in [0.25, 0.3) is 0 Å². The Labute approximate surface area is 150 Å². The second-order valence-corrected chi connectivity index (χ2v) is 8.03. The van der Waals surface area contributed by atoms with Gasteiger partial charge in [-0.15, -0.1) is 0 Å². The Bertz CT molecular complexity index is 1030. The number of benzene rings is 1. The topological polar surface area (TPSA) is 76.3 Å². The summed E-state index contributed by atoms with van der Waals surface area (Å²) in [5.41, 5.74) is 1.49. The molecule has 0 N–H and O–H groups in total. The van der Waals surface area contributed by atoms with E-state index in [1.54, 1.807) is 24.5 Å². The van der Waals surface area contributed by atoms with Crippen LogP contribution >= 0.6 is 0 Å². The summed E-state index contributed by atoms with van der Waals surface area (Å²) in [4.78, 5) is 8.46. The van der Waals surface area contributed by atoms with Crippen molar-refractivity contribution in [3.8, 4) is 11.5 Å². The van der Waals surface area contributed by atoms with Gasteiger partial charge in [0.15, 0.2) is 0 Å². The van der Waals surface area contributed by atoms with Gasteiger partial charge in [0, 0.05) is 30.9 Å². The van der Waals surface area contributed by atoms with Gasteiger partial charge in [-0.3, -0.25) is 4.98 Å². The number of halogens is 1. The summed E-state index contributed by atoms with van der Waals surface area (Å²) in [5.74, 6) is 0.217. The first-order valence-electron chi connectivity index (χ1n) is 8.13.